The number of hydrogen-bond acceptors (Lipinski definition) is 5. The summed E-state index contributed by atoms with van der Waals surface area (Å²) in [6, 6.07) is 21.7. The number of nitrogens with zero attached hydrogens (tertiary/aromatic N) is 1. The summed E-state index contributed by atoms with van der Waals surface area (Å²) in [6.07, 6.45) is 0.924. The Morgan fingerprint density at radius 1 is 0.848 bits per heavy atom. The van der Waals surface area contributed by atoms with Gasteiger partial charge in [-0.05, 0) is 74.4 Å². The van der Waals surface area contributed by atoms with Gasteiger partial charge in [0.15, 0.2) is 11.5 Å². The van der Waals surface area contributed by atoms with Crippen molar-refractivity contribution in [3.05, 3.63) is 72.3 Å². The summed E-state index contributed by atoms with van der Waals surface area (Å²) in [5.41, 5.74) is 3.81. The maximum absolute atomic E-state index is 13.2. The van der Waals surface area contributed by atoms with Crippen LogP contribution in [-0.2, 0) is 11.2 Å². The molecule has 0 radical (unpaired) electrons. The average Bonchev–Trinajstić information content (AvgIpc) is 2.83. The highest BCUT2D eigenvalue weighted by molar-refractivity contribution is 5.94. The van der Waals surface area contributed by atoms with E-state index in [-0.39, 0.29) is 11.9 Å². The summed E-state index contributed by atoms with van der Waals surface area (Å²) in [5, 5.41) is 3.37. The summed E-state index contributed by atoms with van der Waals surface area (Å²) in [6.45, 7) is 4.04. The molecule has 0 spiro atoms. The van der Waals surface area contributed by atoms with Crippen LogP contribution in [0.5, 0.6) is 17.2 Å². The number of rotatable bonds is 10. The normalized spacial score (nSPS) is 10.6. The Bertz CT molecular complexity index is 1020. The van der Waals surface area contributed by atoms with Crippen LogP contribution in [0, 0.1) is 0 Å². The molecule has 0 bridgehead atoms. The van der Waals surface area contributed by atoms with Crippen molar-refractivity contribution in [2.24, 2.45) is 0 Å². The third-order valence-corrected chi connectivity index (χ3v) is 5.35. The number of methoxy groups -OCH3 is 3. The SMILES string of the molecule is COc1cc(CCC(=O)N(c2ccc(Nc3ccccc3)cc2)C(C)C)cc(OC)c1OC. The molecule has 0 atom stereocenters. The van der Waals surface area contributed by atoms with E-state index in [1.165, 1.54) is 0 Å². The molecule has 0 fully saturated rings. The van der Waals surface area contributed by atoms with Gasteiger partial charge in [-0.2, -0.15) is 0 Å². The lowest BCUT2D eigenvalue weighted by Crippen LogP contribution is -2.37. The Morgan fingerprint density at radius 2 is 1.42 bits per heavy atom. The van der Waals surface area contributed by atoms with E-state index in [0.717, 1.165) is 22.6 Å². The Kier molecular flexibility index (Phi) is 8.19. The van der Waals surface area contributed by atoms with Gasteiger partial charge in [-0.3, -0.25) is 4.79 Å². The summed E-state index contributed by atoms with van der Waals surface area (Å²) >= 11 is 0. The van der Waals surface area contributed by atoms with Crippen molar-refractivity contribution in [1.82, 2.24) is 0 Å². The van der Waals surface area contributed by atoms with E-state index in [1.807, 2.05) is 85.5 Å². The standard InChI is InChI=1S/C27H32N2O4/c1-19(2)29(23-14-12-22(13-15-23)28-21-9-7-6-8-10-21)26(30)16-11-20-17-24(31-3)27(33-5)25(18-20)32-4/h6-10,12-15,17-19,28H,11,16H2,1-5H3. The quantitative estimate of drug-likeness (QED) is 0.423. The van der Waals surface area contributed by atoms with Gasteiger partial charge in [-0.25, -0.2) is 0 Å². The summed E-state index contributed by atoms with van der Waals surface area (Å²) in [4.78, 5) is 15.0. The van der Waals surface area contributed by atoms with Gasteiger partial charge in [-0.1, -0.05) is 18.2 Å². The number of ether oxygens (including phenoxy) is 3. The van der Waals surface area contributed by atoms with Crippen molar-refractivity contribution in [3.8, 4) is 17.2 Å². The number of carbonyl (C=O) groups is 1. The highest BCUT2D eigenvalue weighted by Crippen LogP contribution is 2.38. The van der Waals surface area contributed by atoms with Crippen LogP contribution in [0.3, 0.4) is 0 Å². The van der Waals surface area contributed by atoms with E-state index in [9.17, 15) is 4.79 Å². The number of aryl methyl sites for hydroxylation is 1. The van der Waals surface area contributed by atoms with Crippen LogP contribution in [0.2, 0.25) is 0 Å². The predicted octanol–water partition coefficient (Wildman–Crippen LogP) is 5.83. The molecular weight excluding hydrogens is 416 g/mol. The summed E-state index contributed by atoms with van der Waals surface area (Å²) in [7, 11) is 4.75. The Morgan fingerprint density at radius 3 is 1.94 bits per heavy atom. The fourth-order valence-electron chi connectivity index (χ4n) is 3.78. The molecule has 0 unspecified atom stereocenters. The number of para-hydroxylation sites is 1. The van der Waals surface area contributed by atoms with E-state index in [0.29, 0.717) is 30.1 Å². The van der Waals surface area contributed by atoms with E-state index in [1.54, 1.807) is 21.3 Å². The number of nitrogens with one attached hydrogen (secondary N) is 1. The fraction of sp³-hybridized carbons (Fsp3) is 0.296. The van der Waals surface area contributed by atoms with Gasteiger partial charge in [0.1, 0.15) is 0 Å². The van der Waals surface area contributed by atoms with Gasteiger partial charge in [0.05, 0.1) is 21.3 Å². The first-order valence-electron chi connectivity index (χ1n) is 11.0. The molecule has 6 nitrogen and oxygen atoms in total. The molecule has 0 aliphatic carbocycles. The minimum atomic E-state index is 0.0328. The molecule has 0 aliphatic rings. The molecule has 3 aromatic rings. The largest absolute Gasteiger partial charge is 0.493 e. The second-order valence-corrected chi connectivity index (χ2v) is 7.93. The van der Waals surface area contributed by atoms with Crippen LogP contribution in [0.4, 0.5) is 17.1 Å². The topological polar surface area (TPSA) is 60.0 Å². The first-order valence-corrected chi connectivity index (χ1v) is 11.0. The zero-order valence-corrected chi connectivity index (χ0v) is 19.9. The summed E-state index contributed by atoms with van der Waals surface area (Å²) < 4.78 is 16.2. The van der Waals surface area contributed by atoms with Gasteiger partial charge >= 0.3 is 0 Å². The molecule has 174 valence electrons. The number of benzene rings is 3. The maximum Gasteiger partial charge on any atom is 0.227 e. The van der Waals surface area contributed by atoms with Crippen molar-refractivity contribution in [3.63, 3.8) is 0 Å². The van der Waals surface area contributed by atoms with E-state index in [2.05, 4.69) is 5.32 Å². The van der Waals surface area contributed by atoms with Crippen molar-refractivity contribution in [2.45, 2.75) is 32.7 Å². The predicted molar refractivity (Wildman–Crippen MR) is 133 cm³/mol. The van der Waals surface area contributed by atoms with E-state index >= 15 is 0 Å². The second-order valence-electron chi connectivity index (χ2n) is 7.93. The number of anilines is 3. The van der Waals surface area contributed by atoms with Crippen molar-refractivity contribution < 1.29 is 19.0 Å². The number of hydrogen-bond donors (Lipinski definition) is 1. The fourth-order valence-corrected chi connectivity index (χ4v) is 3.78. The lowest BCUT2D eigenvalue weighted by atomic mass is 10.1. The second kappa shape index (κ2) is 11.3. The van der Waals surface area contributed by atoms with Crippen LogP contribution in [0.1, 0.15) is 25.8 Å². The van der Waals surface area contributed by atoms with Crippen molar-refractivity contribution in [2.75, 3.05) is 31.5 Å². The van der Waals surface area contributed by atoms with Gasteiger partial charge < -0.3 is 24.4 Å². The molecule has 0 aliphatic heterocycles. The maximum atomic E-state index is 13.2. The molecule has 0 saturated carbocycles. The zero-order chi connectivity index (χ0) is 23.8. The monoisotopic (exact) mass is 448 g/mol. The van der Waals surface area contributed by atoms with E-state index in [4.69, 9.17) is 14.2 Å². The third-order valence-electron chi connectivity index (χ3n) is 5.35. The smallest absolute Gasteiger partial charge is 0.227 e. The first-order chi connectivity index (χ1) is 16.0. The van der Waals surface area contributed by atoms with Crippen LogP contribution in [0.15, 0.2) is 66.7 Å². The van der Waals surface area contributed by atoms with Gasteiger partial charge in [0.25, 0.3) is 0 Å². The minimum Gasteiger partial charge on any atom is -0.493 e. The van der Waals surface area contributed by atoms with Crippen molar-refractivity contribution >= 4 is 23.0 Å². The van der Waals surface area contributed by atoms with Crippen LogP contribution in [-0.4, -0.2) is 33.3 Å². The lowest BCUT2D eigenvalue weighted by Gasteiger charge is -2.27. The molecule has 3 rings (SSSR count). The molecule has 1 N–H and O–H groups in total. The lowest BCUT2D eigenvalue weighted by molar-refractivity contribution is -0.118. The van der Waals surface area contributed by atoms with Crippen LogP contribution >= 0.6 is 0 Å². The highest BCUT2D eigenvalue weighted by Gasteiger charge is 2.20. The third kappa shape index (κ3) is 5.98. The first kappa shape index (κ1) is 24.0. The van der Waals surface area contributed by atoms with Crippen LogP contribution < -0.4 is 24.4 Å². The minimum absolute atomic E-state index is 0.0328. The zero-order valence-electron chi connectivity index (χ0n) is 19.9. The molecule has 1 amide bonds. The molecule has 0 aromatic heterocycles. The average molecular weight is 449 g/mol. The molecule has 33 heavy (non-hydrogen) atoms. The van der Waals surface area contributed by atoms with E-state index < -0.39 is 0 Å². The molecule has 3 aromatic carbocycles. The molecular formula is C27H32N2O4. The highest BCUT2D eigenvalue weighted by atomic mass is 16.5. The van der Waals surface area contributed by atoms with Gasteiger partial charge in [0, 0.05) is 29.5 Å². The van der Waals surface area contributed by atoms with Gasteiger partial charge in [-0.15, -0.1) is 0 Å². The molecule has 0 saturated heterocycles. The number of amides is 1. The van der Waals surface area contributed by atoms with Gasteiger partial charge in [0.2, 0.25) is 11.7 Å². The Balaban J connectivity index is 1.72. The Labute approximate surface area is 196 Å². The Hall–Kier alpha value is -3.67. The molecule has 0 heterocycles. The summed E-state index contributed by atoms with van der Waals surface area (Å²) in [5.74, 6) is 1.77. The van der Waals surface area contributed by atoms with Crippen molar-refractivity contribution in [1.29, 1.82) is 0 Å². The molecule has 6 heteroatoms. The van der Waals surface area contributed by atoms with Crippen LogP contribution in [0.25, 0.3) is 0 Å². The number of carbonyl (C=O) groups excluding carboxylic acids is 1.